The minimum Gasteiger partial charge on any atom is -0.490 e. The molecule has 0 amide bonds. The standard InChI is InChI=1S/C22H28N2OS/c1-3-21(20-11-7-4-8-16(20)2)24-22(26)23-17-12-14-19(15-13-17)25-18-9-5-6-10-18/h4,7-8,11-15,18,21H,3,5-6,9-10H2,1-2H3,(H2,23,24,26). The van der Waals surface area contributed by atoms with Crippen LogP contribution in [0.2, 0.25) is 0 Å². The molecule has 1 aliphatic rings. The highest BCUT2D eigenvalue weighted by atomic mass is 32.1. The van der Waals surface area contributed by atoms with Gasteiger partial charge in [0.1, 0.15) is 5.75 Å². The van der Waals surface area contributed by atoms with Gasteiger partial charge in [0.2, 0.25) is 0 Å². The summed E-state index contributed by atoms with van der Waals surface area (Å²) in [5.41, 5.74) is 3.54. The van der Waals surface area contributed by atoms with Crippen LogP contribution < -0.4 is 15.4 Å². The summed E-state index contributed by atoms with van der Waals surface area (Å²) in [4.78, 5) is 0. The molecule has 3 rings (SSSR count). The molecule has 0 spiro atoms. The number of aryl methyl sites for hydroxylation is 1. The normalized spacial score (nSPS) is 15.5. The van der Waals surface area contributed by atoms with Gasteiger partial charge in [0, 0.05) is 5.69 Å². The maximum absolute atomic E-state index is 6.01. The lowest BCUT2D eigenvalue weighted by molar-refractivity contribution is 0.210. The Bertz CT molecular complexity index is 723. The van der Waals surface area contributed by atoms with Gasteiger partial charge in [-0.2, -0.15) is 0 Å². The Hall–Kier alpha value is -2.07. The van der Waals surface area contributed by atoms with Crippen molar-refractivity contribution in [2.24, 2.45) is 0 Å². The van der Waals surface area contributed by atoms with Crippen LogP contribution in [0.25, 0.3) is 0 Å². The SMILES string of the molecule is CCC(NC(=S)Nc1ccc(OC2CCCC2)cc1)c1ccccc1C. The molecule has 1 saturated carbocycles. The van der Waals surface area contributed by atoms with E-state index in [1.807, 2.05) is 24.3 Å². The Labute approximate surface area is 162 Å². The molecule has 0 radical (unpaired) electrons. The molecule has 1 aliphatic carbocycles. The Balaban J connectivity index is 1.56. The monoisotopic (exact) mass is 368 g/mol. The third kappa shape index (κ3) is 4.98. The lowest BCUT2D eigenvalue weighted by Crippen LogP contribution is -2.32. The second-order valence-electron chi connectivity index (χ2n) is 6.96. The van der Waals surface area contributed by atoms with Gasteiger partial charge in [0.25, 0.3) is 0 Å². The Morgan fingerprint density at radius 1 is 1.12 bits per heavy atom. The van der Waals surface area contributed by atoms with E-state index in [1.165, 1.54) is 36.8 Å². The smallest absolute Gasteiger partial charge is 0.171 e. The lowest BCUT2D eigenvalue weighted by Gasteiger charge is -2.21. The zero-order valence-electron chi connectivity index (χ0n) is 15.6. The molecule has 1 atom stereocenters. The van der Waals surface area contributed by atoms with Crippen molar-refractivity contribution in [3.8, 4) is 5.75 Å². The van der Waals surface area contributed by atoms with Crippen molar-refractivity contribution in [2.45, 2.75) is 58.1 Å². The first-order chi connectivity index (χ1) is 12.7. The van der Waals surface area contributed by atoms with Crippen molar-refractivity contribution < 1.29 is 4.74 Å². The van der Waals surface area contributed by atoms with E-state index in [4.69, 9.17) is 17.0 Å². The summed E-state index contributed by atoms with van der Waals surface area (Å²) in [6.07, 6.45) is 6.27. The van der Waals surface area contributed by atoms with Crippen molar-refractivity contribution in [3.05, 3.63) is 59.7 Å². The summed E-state index contributed by atoms with van der Waals surface area (Å²) in [6.45, 7) is 4.31. The predicted octanol–water partition coefficient (Wildman–Crippen LogP) is 5.75. The fraction of sp³-hybridized carbons (Fsp3) is 0.409. The van der Waals surface area contributed by atoms with Crippen LogP contribution in [0.1, 0.15) is 56.2 Å². The summed E-state index contributed by atoms with van der Waals surface area (Å²) in [7, 11) is 0. The fourth-order valence-corrected chi connectivity index (χ4v) is 3.78. The quantitative estimate of drug-likeness (QED) is 0.636. The molecule has 4 heteroatoms. The van der Waals surface area contributed by atoms with Gasteiger partial charge in [0.15, 0.2) is 5.11 Å². The molecule has 2 aromatic carbocycles. The number of thiocarbonyl (C=S) groups is 1. The molecule has 1 fully saturated rings. The number of ether oxygens (including phenoxy) is 1. The summed E-state index contributed by atoms with van der Waals surface area (Å²) in [5, 5.41) is 7.36. The van der Waals surface area contributed by atoms with Gasteiger partial charge >= 0.3 is 0 Å². The summed E-state index contributed by atoms with van der Waals surface area (Å²) in [5.74, 6) is 0.938. The van der Waals surface area contributed by atoms with Crippen LogP contribution in [0.3, 0.4) is 0 Å². The van der Waals surface area contributed by atoms with Gasteiger partial charge in [-0.15, -0.1) is 0 Å². The van der Waals surface area contributed by atoms with Gasteiger partial charge in [-0.1, -0.05) is 31.2 Å². The van der Waals surface area contributed by atoms with Crippen molar-refractivity contribution in [1.82, 2.24) is 5.32 Å². The molecule has 26 heavy (non-hydrogen) atoms. The van der Waals surface area contributed by atoms with E-state index in [9.17, 15) is 0 Å². The number of benzene rings is 2. The highest BCUT2D eigenvalue weighted by Gasteiger charge is 2.16. The zero-order valence-corrected chi connectivity index (χ0v) is 16.4. The first kappa shape index (κ1) is 18.7. The van der Waals surface area contributed by atoms with Gasteiger partial charge in [-0.3, -0.25) is 0 Å². The largest absolute Gasteiger partial charge is 0.490 e. The number of hydrogen-bond donors (Lipinski definition) is 2. The molecular weight excluding hydrogens is 340 g/mol. The molecule has 0 aliphatic heterocycles. The van der Waals surface area contributed by atoms with Crippen LogP contribution in [-0.4, -0.2) is 11.2 Å². The van der Waals surface area contributed by atoms with E-state index < -0.39 is 0 Å². The molecule has 138 valence electrons. The number of nitrogens with one attached hydrogen (secondary N) is 2. The van der Waals surface area contributed by atoms with E-state index in [0.29, 0.717) is 11.2 Å². The van der Waals surface area contributed by atoms with E-state index >= 15 is 0 Å². The third-order valence-electron chi connectivity index (χ3n) is 4.99. The second kappa shape index (κ2) is 9.04. The fourth-order valence-electron chi connectivity index (χ4n) is 3.52. The molecule has 0 bridgehead atoms. The Morgan fingerprint density at radius 2 is 1.81 bits per heavy atom. The van der Waals surface area contributed by atoms with Crippen molar-refractivity contribution in [2.75, 3.05) is 5.32 Å². The Kier molecular flexibility index (Phi) is 6.51. The third-order valence-corrected chi connectivity index (χ3v) is 5.21. The molecule has 3 nitrogen and oxygen atoms in total. The molecule has 1 unspecified atom stereocenters. The van der Waals surface area contributed by atoms with Crippen LogP contribution in [0.5, 0.6) is 5.75 Å². The number of anilines is 1. The second-order valence-corrected chi connectivity index (χ2v) is 7.37. The van der Waals surface area contributed by atoms with Crippen molar-refractivity contribution in [1.29, 1.82) is 0 Å². The van der Waals surface area contributed by atoms with E-state index in [1.54, 1.807) is 0 Å². The first-order valence-electron chi connectivity index (χ1n) is 9.55. The lowest BCUT2D eigenvalue weighted by atomic mass is 10.00. The summed E-state index contributed by atoms with van der Waals surface area (Å²) in [6, 6.07) is 16.7. The molecule has 0 heterocycles. The molecule has 0 saturated heterocycles. The average Bonchev–Trinajstić information content (AvgIpc) is 3.15. The van der Waals surface area contributed by atoms with Crippen LogP contribution in [0, 0.1) is 6.92 Å². The van der Waals surface area contributed by atoms with Crippen molar-refractivity contribution >= 4 is 23.0 Å². The predicted molar refractivity (Wildman–Crippen MR) is 113 cm³/mol. The minimum atomic E-state index is 0.209. The van der Waals surface area contributed by atoms with E-state index in [0.717, 1.165) is 17.9 Å². The highest BCUT2D eigenvalue weighted by molar-refractivity contribution is 7.80. The molecule has 0 aromatic heterocycles. The van der Waals surface area contributed by atoms with Crippen LogP contribution in [0.15, 0.2) is 48.5 Å². The molecule has 2 aromatic rings. The van der Waals surface area contributed by atoms with E-state index in [-0.39, 0.29) is 6.04 Å². The van der Waals surface area contributed by atoms with E-state index in [2.05, 4.69) is 48.7 Å². The van der Waals surface area contributed by atoms with Gasteiger partial charge in [0.05, 0.1) is 12.1 Å². The van der Waals surface area contributed by atoms with Gasteiger partial charge < -0.3 is 15.4 Å². The summed E-state index contributed by atoms with van der Waals surface area (Å²) < 4.78 is 6.01. The zero-order chi connectivity index (χ0) is 18.4. The van der Waals surface area contributed by atoms with Crippen LogP contribution in [0.4, 0.5) is 5.69 Å². The minimum absolute atomic E-state index is 0.209. The number of hydrogen-bond acceptors (Lipinski definition) is 2. The van der Waals surface area contributed by atoms with Gasteiger partial charge in [-0.05, 0) is 86.6 Å². The average molecular weight is 369 g/mol. The topological polar surface area (TPSA) is 33.3 Å². The summed E-state index contributed by atoms with van der Waals surface area (Å²) >= 11 is 5.52. The Morgan fingerprint density at radius 3 is 2.46 bits per heavy atom. The molecular formula is C22H28N2OS. The van der Waals surface area contributed by atoms with Crippen molar-refractivity contribution in [3.63, 3.8) is 0 Å². The van der Waals surface area contributed by atoms with Crippen LogP contribution >= 0.6 is 12.2 Å². The maximum atomic E-state index is 6.01. The number of rotatable bonds is 6. The van der Waals surface area contributed by atoms with Crippen LogP contribution in [-0.2, 0) is 0 Å². The first-order valence-corrected chi connectivity index (χ1v) is 9.96. The van der Waals surface area contributed by atoms with Gasteiger partial charge in [-0.25, -0.2) is 0 Å². The maximum Gasteiger partial charge on any atom is 0.171 e. The highest BCUT2D eigenvalue weighted by Crippen LogP contribution is 2.25. The molecule has 2 N–H and O–H groups in total.